The second-order valence-electron chi connectivity index (χ2n) is 5.52. The van der Waals surface area contributed by atoms with Crippen LogP contribution in [0, 0.1) is 0 Å². The summed E-state index contributed by atoms with van der Waals surface area (Å²) in [6.45, 7) is 1.13. The average molecular weight is 340 g/mol. The summed E-state index contributed by atoms with van der Waals surface area (Å²) in [5.74, 6) is 0. The van der Waals surface area contributed by atoms with Gasteiger partial charge < -0.3 is 5.11 Å². The maximum Gasteiger partial charge on any atom is 0.279 e. The first kappa shape index (κ1) is 15.9. The van der Waals surface area contributed by atoms with E-state index in [1.54, 1.807) is 0 Å². The number of piperidine rings is 1. The number of thiophene rings is 1. The predicted octanol–water partition coefficient (Wildman–Crippen LogP) is 2.26. The van der Waals surface area contributed by atoms with E-state index in [0.29, 0.717) is 13.1 Å². The van der Waals surface area contributed by atoms with E-state index >= 15 is 0 Å². The Balaban J connectivity index is 1.65. The van der Waals surface area contributed by atoms with Gasteiger partial charge in [-0.05, 0) is 30.4 Å². The number of fused-ring (bicyclic) bond motifs is 1. The lowest BCUT2D eigenvalue weighted by Gasteiger charge is -2.26. The molecule has 0 amide bonds. The highest BCUT2D eigenvalue weighted by Crippen LogP contribution is 2.29. The molecule has 2 heterocycles. The summed E-state index contributed by atoms with van der Waals surface area (Å²) in [6, 6.07) is 9.80. The minimum absolute atomic E-state index is 0.00561. The molecular weight excluding hydrogens is 320 g/mol. The summed E-state index contributed by atoms with van der Waals surface area (Å²) in [6.07, 6.45) is 2.06. The molecule has 5 nitrogen and oxygen atoms in total. The van der Waals surface area contributed by atoms with Gasteiger partial charge in [0.05, 0.1) is 0 Å². The lowest BCUT2D eigenvalue weighted by Crippen LogP contribution is -2.44. The highest BCUT2D eigenvalue weighted by Gasteiger charge is 2.24. The Bertz CT molecular complexity index is 703. The molecule has 1 atom stereocenters. The van der Waals surface area contributed by atoms with Crippen LogP contribution in [0.15, 0.2) is 30.3 Å². The van der Waals surface area contributed by atoms with Gasteiger partial charge in [-0.25, -0.2) is 0 Å². The third-order valence-corrected chi connectivity index (χ3v) is 6.68. The summed E-state index contributed by atoms with van der Waals surface area (Å²) < 4.78 is 29.5. The molecule has 0 aliphatic carbocycles. The number of hydrogen-bond acceptors (Lipinski definition) is 4. The Morgan fingerprint density at radius 2 is 1.95 bits per heavy atom. The van der Waals surface area contributed by atoms with Crippen molar-refractivity contribution < 1.29 is 13.5 Å². The Morgan fingerprint density at radius 3 is 2.68 bits per heavy atom. The molecule has 3 rings (SSSR count). The zero-order valence-electron chi connectivity index (χ0n) is 12.2. The molecule has 1 fully saturated rings. The van der Waals surface area contributed by atoms with Gasteiger partial charge >= 0.3 is 0 Å². The second kappa shape index (κ2) is 6.64. The Labute approximate surface area is 134 Å². The van der Waals surface area contributed by atoms with Crippen LogP contribution in [0.1, 0.15) is 30.2 Å². The van der Waals surface area contributed by atoms with Crippen LogP contribution in [0.3, 0.4) is 0 Å². The summed E-state index contributed by atoms with van der Waals surface area (Å²) in [5, 5.41) is 11.3. The third-order valence-electron chi connectivity index (χ3n) is 3.89. The molecule has 120 valence electrons. The van der Waals surface area contributed by atoms with E-state index in [9.17, 15) is 13.5 Å². The molecule has 1 aromatic heterocycles. The Hall–Kier alpha value is -0.990. The maximum atomic E-state index is 12.2. The fraction of sp³-hybridized carbons (Fsp3) is 0.467. The molecule has 1 unspecified atom stereocenters. The zero-order chi connectivity index (χ0) is 15.6. The molecule has 0 spiro atoms. The van der Waals surface area contributed by atoms with Gasteiger partial charge in [0.15, 0.2) is 0 Å². The largest absolute Gasteiger partial charge is 0.386 e. The van der Waals surface area contributed by atoms with Gasteiger partial charge in [-0.2, -0.15) is 17.4 Å². The van der Waals surface area contributed by atoms with Crippen molar-refractivity contribution in [1.82, 2.24) is 9.03 Å². The van der Waals surface area contributed by atoms with Gasteiger partial charge in [0.25, 0.3) is 10.2 Å². The molecule has 2 aromatic rings. The van der Waals surface area contributed by atoms with E-state index in [4.69, 9.17) is 0 Å². The lowest BCUT2D eigenvalue weighted by atomic mass is 10.2. The van der Waals surface area contributed by atoms with Crippen LogP contribution in [0.2, 0.25) is 0 Å². The molecule has 0 saturated carbocycles. The Kier molecular flexibility index (Phi) is 4.79. The van der Waals surface area contributed by atoms with E-state index in [1.807, 2.05) is 30.3 Å². The van der Waals surface area contributed by atoms with Gasteiger partial charge in [0, 0.05) is 29.2 Å². The summed E-state index contributed by atoms with van der Waals surface area (Å²) in [4.78, 5) is 0.780. The molecule has 7 heteroatoms. The van der Waals surface area contributed by atoms with Crippen LogP contribution in [-0.4, -0.2) is 37.5 Å². The van der Waals surface area contributed by atoms with E-state index < -0.39 is 16.3 Å². The molecular formula is C15H20N2O3S2. The van der Waals surface area contributed by atoms with E-state index in [1.165, 1.54) is 15.6 Å². The van der Waals surface area contributed by atoms with E-state index in [2.05, 4.69) is 4.72 Å². The van der Waals surface area contributed by atoms with Crippen LogP contribution < -0.4 is 4.72 Å². The monoisotopic (exact) mass is 340 g/mol. The molecule has 1 aromatic carbocycles. The van der Waals surface area contributed by atoms with Crippen LogP contribution in [-0.2, 0) is 10.2 Å². The van der Waals surface area contributed by atoms with Crippen LogP contribution in [0.25, 0.3) is 10.1 Å². The fourth-order valence-electron chi connectivity index (χ4n) is 2.65. The van der Waals surface area contributed by atoms with Gasteiger partial charge in [-0.15, -0.1) is 11.3 Å². The van der Waals surface area contributed by atoms with Crippen molar-refractivity contribution in [2.45, 2.75) is 25.4 Å². The molecule has 1 aliphatic heterocycles. The molecule has 1 saturated heterocycles. The normalized spacial score (nSPS) is 18.6. The zero-order valence-corrected chi connectivity index (χ0v) is 13.9. The molecule has 1 aliphatic rings. The highest BCUT2D eigenvalue weighted by molar-refractivity contribution is 7.87. The van der Waals surface area contributed by atoms with Crippen LogP contribution >= 0.6 is 11.3 Å². The van der Waals surface area contributed by atoms with Crippen molar-refractivity contribution in [2.24, 2.45) is 0 Å². The minimum Gasteiger partial charge on any atom is -0.386 e. The maximum absolute atomic E-state index is 12.2. The van der Waals surface area contributed by atoms with Gasteiger partial charge in [0.2, 0.25) is 0 Å². The topological polar surface area (TPSA) is 69.6 Å². The summed E-state index contributed by atoms with van der Waals surface area (Å²) in [5.41, 5.74) is 0. The highest BCUT2D eigenvalue weighted by atomic mass is 32.2. The first-order valence-electron chi connectivity index (χ1n) is 7.47. The number of aliphatic hydroxyl groups is 1. The predicted molar refractivity (Wildman–Crippen MR) is 89.1 cm³/mol. The number of benzene rings is 1. The van der Waals surface area contributed by atoms with Crippen molar-refractivity contribution in [3.05, 3.63) is 35.2 Å². The van der Waals surface area contributed by atoms with E-state index in [-0.39, 0.29) is 6.54 Å². The van der Waals surface area contributed by atoms with Crippen molar-refractivity contribution >= 4 is 31.6 Å². The molecule has 22 heavy (non-hydrogen) atoms. The quantitative estimate of drug-likeness (QED) is 0.877. The van der Waals surface area contributed by atoms with Crippen molar-refractivity contribution in [1.29, 1.82) is 0 Å². The molecule has 0 bridgehead atoms. The smallest absolute Gasteiger partial charge is 0.279 e. The van der Waals surface area contributed by atoms with Crippen molar-refractivity contribution in [2.75, 3.05) is 19.6 Å². The van der Waals surface area contributed by atoms with Crippen LogP contribution in [0.5, 0.6) is 0 Å². The number of aliphatic hydroxyl groups excluding tert-OH is 1. The van der Waals surface area contributed by atoms with E-state index in [0.717, 1.165) is 34.2 Å². The second-order valence-corrected chi connectivity index (χ2v) is 8.39. The lowest BCUT2D eigenvalue weighted by molar-refractivity contribution is 0.184. The average Bonchev–Trinajstić information content (AvgIpc) is 2.98. The number of rotatable bonds is 5. The summed E-state index contributed by atoms with van der Waals surface area (Å²) in [7, 11) is -3.49. The van der Waals surface area contributed by atoms with Crippen molar-refractivity contribution in [3.63, 3.8) is 0 Å². The standard InChI is InChI=1S/C15H20N2O3S2/c18-13(15-10-12-6-2-3-7-14(12)21-15)11-16-22(19,20)17-8-4-1-5-9-17/h2-3,6-7,10,13,16,18H,1,4-5,8-9,11H2. The minimum atomic E-state index is -3.49. The number of nitrogens with one attached hydrogen (secondary N) is 1. The third kappa shape index (κ3) is 3.49. The fourth-order valence-corrected chi connectivity index (χ4v) is 4.99. The van der Waals surface area contributed by atoms with Gasteiger partial charge in [-0.1, -0.05) is 24.6 Å². The number of nitrogens with zero attached hydrogens (tertiary/aromatic N) is 1. The molecule has 2 N–H and O–H groups in total. The number of hydrogen-bond donors (Lipinski definition) is 2. The van der Waals surface area contributed by atoms with Crippen molar-refractivity contribution in [3.8, 4) is 0 Å². The van der Waals surface area contributed by atoms with Crippen LogP contribution in [0.4, 0.5) is 0 Å². The first-order chi connectivity index (χ1) is 10.6. The van der Waals surface area contributed by atoms with Gasteiger partial charge in [-0.3, -0.25) is 0 Å². The Morgan fingerprint density at radius 1 is 1.23 bits per heavy atom. The first-order valence-corrected chi connectivity index (χ1v) is 9.73. The SMILES string of the molecule is O=S(=O)(NCC(O)c1cc2ccccc2s1)N1CCCCC1. The summed E-state index contributed by atoms with van der Waals surface area (Å²) >= 11 is 1.49. The van der Waals surface area contributed by atoms with Gasteiger partial charge in [0.1, 0.15) is 6.10 Å². The molecule has 0 radical (unpaired) electrons.